The van der Waals surface area contributed by atoms with Crippen LogP contribution in [0.4, 0.5) is 5.69 Å². The molecule has 1 amide bonds. The highest BCUT2D eigenvalue weighted by molar-refractivity contribution is 14.1. The third kappa shape index (κ3) is 6.09. The summed E-state index contributed by atoms with van der Waals surface area (Å²) >= 11 is 7.29. The van der Waals surface area contributed by atoms with E-state index in [9.17, 15) is 9.59 Å². The van der Waals surface area contributed by atoms with Gasteiger partial charge < -0.3 is 10.1 Å². The molecule has 0 saturated carbocycles. The van der Waals surface area contributed by atoms with Crippen molar-refractivity contribution in [2.75, 3.05) is 11.9 Å². The van der Waals surface area contributed by atoms with Crippen LogP contribution in [0.25, 0.3) is 0 Å². The van der Waals surface area contributed by atoms with Crippen molar-refractivity contribution >= 4 is 57.5 Å². The Morgan fingerprint density at radius 2 is 1.84 bits per heavy atom. The summed E-state index contributed by atoms with van der Waals surface area (Å²) in [7, 11) is 0. The smallest absolute Gasteiger partial charge is 0.338 e. The highest BCUT2D eigenvalue weighted by Crippen LogP contribution is 2.11. The van der Waals surface area contributed by atoms with Crippen LogP contribution in [0.3, 0.4) is 0 Å². The van der Waals surface area contributed by atoms with Crippen molar-refractivity contribution in [1.82, 2.24) is 5.32 Å². The Labute approximate surface area is 165 Å². The molecule has 0 saturated heterocycles. The van der Waals surface area contributed by atoms with Crippen molar-refractivity contribution in [1.29, 1.82) is 0 Å². The third-order valence-corrected chi connectivity index (χ3v) is 4.00. The molecule has 2 aromatic rings. The van der Waals surface area contributed by atoms with Gasteiger partial charge in [0.15, 0.2) is 5.11 Å². The fourth-order valence-corrected chi connectivity index (χ4v) is 2.69. The van der Waals surface area contributed by atoms with E-state index in [0.29, 0.717) is 23.4 Å². The Bertz CT molecular complexity index is 778. The standard InChI is InChI=1S/C18H17IN2O3S/c1-2-10-24-17(23)12-6-8-15(9-7-12)20-18(25)21-16(22)13-4-3-5-14(19)11-13/h3-9,11H,2,10H2,1H3,(H2,20,21,22,25). The highest BCUT2D eigenvalue weighted by atomic mass is 127. The fraction of sp³-hybridized carbons (Fsp3) is 0.167. The minimum Gasteiger partial charge on any atom is -0.462 e. The molecular formula is C18H17IN2O3S. The van der Waals surface area contributed by atoms with Crippen molar-refractivity contribution in [2.24, 2.45) is 0 Å². The summed E-state index contributed by atoms with van der Waals surface area (Å²) < 4.78 is 6.03. The highest BCUT2D eigenvalue weighted by Gasteiger charge is 2.09. The van der Waals surface area contributed by atoms with E-state index in [-0.39, 0.29) is 17.0 Å². The molecule has 5 nitrogen and oxygen atoms in total. The topological polar surface area (TPSA) is 67.4 Å². The second-order valence-corrected chi connectivity index (χ2v) is 6.79. The number of carbonyl (C=O) groups excluding carboxylic acids is 2. The number of anilines is 1. The number of halogens is 1. The molecule has 2 N–H and O–H groups in total. The van der Waals surface area contributed by atoms with E-state index in [0.717, 1.165) is 9.99 Å². The number of thiocarbonyl (C=S) groups is 1. The molecule has 0 aliphatic carbocycles. The van der Waals surface area contributed by atoms with Crippen LogP contribution >= 0.6 is 34.8 Å². The van der Waals surface area contributed by atoms with Gasteiger partial charge in [0.25, 0.3) is 5.91 Å². The van der Waals surface area contributed by atoms with Crippen molar-refractivity contribution in [3.8, 4) is 0 Å². The van der Waals surface area contributed by atoms with Crippen LogP contribution in [0.5, 0.6) is 0 Å². The molecule has 130 valence electrons. The summed E-state index contributed by atoms with van der Waals surface area (Å²) in [6.45, 7) is 2.33. The van der Waals surface area contributed by atoms with Gasteiger partial charge >= 0.3 is 5.97 Å². The van der Waals surface area contributed by atoms with Gasteiger partial charge in [-0.3, -0.25) is 10.1 Å². The number of nitrogens with one attached hydrogen (secondary N) is 2. The van der Waals surface area contributed by atoms with Crippen molar-refractivity contribution in [3.63, 3.8) is 0 Å². The zero-order chi connectivity index (χ0) is 18.2. The zero-order valence-corrected chi connectivity index (χ0v) is 16.5. The molecule has 2 aromatic carbocycles. The Hall–Kier alpha value is -2.00. The van der Waals surface area contributed by atoms with Crippen LogP contribution in [-0.2, 0) is 4.74 Å². The van der Waals surface area contributed by atoms with Gasteiger partial charge in [0.05, 0.1) is 12.2 Å². The lowest BCUT2D eigenvalue weighted by Gasteiger charge is -2.10. The van der Waals surface area contributed by atoms with Crippen LogP contribution in [0.15, 0.2) is 48.5 Å². The summed E-state index contributed by atoms with van der Waals surface area (Å²) in [5.41, 5.74) is 1.66. The molecule has 0 aliphatic rings. The van der Waals surface area contributed by atoms with Crippen LogP contribution in [0, 0.1) is 3.57 Å². The molecular weight excluding hydrogens is 451 g/mol. The number of carbonyl (C=O) groups is 2. The first kappa shape index (κ1) is 19.3. The van der Waals surface area contributed by atoms with Crippen molar-refractivity contribution < 1.29 is 14.3 Å². The first-order valence-corrected chi connectivity index (χ1v) is 9.13. The van der Waals surface area contributed by atoms with Gasteiger partial charge in [-0.05, 0) is 83.7 Å². The van der Waals surface area contributed by atoms with E-state index in [1.54, 1.807) is 36.4 Å². The predicted molar refractivity (Wildman–Crippen MR) is 110 cm³/mol. The molecule has 0 radical (unpaired) electrons. The van der Waals surface area contributed by atoms with Crippen LogP contribution in [0.2, 0.25) is 0 Å². The predicted octanol–water partition coefficient (Wildman–Crippen LogP) is 3.98. The van der Waals surface area contributed by atoms with E-state index < -0.39 is 0 Å². The van der Waals surface area contributed by atoms with Gasteiger partial charge in [0.2, 0.25) is 0 Å². The summed E-state index contributed by atoms with van der Waals surface area (Å²) in [5, 5.41) is 5.72. The second kappa shape index (κ2) is 9.47. The van der Waals surface area contributed by atoms with E-state index in [2.05, 4.69) is 33.2 Å². The molecule has 0 aromatic heterocycles. The van der Waals surface area contributed by atoms with E-state index in [1.165, 1.54) is 0 Å². The molecule has 0 fully saturated rings. The van der Waals surface area contributed by atoms with E-state index in [4.69, 9.17) is 17.0 Å². The zero-order valence-electron chi connectivity index (χ0n) is 13.5. The Morgan fingerprint density at radius 1 is 1.12 bits per heavy atom. The normalized spacial score (nSPS) is 10.0. The molecule has 25 heavy (non-hydrogen) atoms. The molecule has 0 unspecified atom stereocenters. The van der Waals surface area contributed by atoms with Gasteiger partial charge in [-0.25, -0.2) is 4.79 Å². The number of ether oxygens (including phenoxy) is 1. The van der Waals surface area contributed by atoms with Gasteiger partial charge in [-0.2, -0.15) is 0 Å². The van der Waals surface area contributed by atoms with Crippen LogP contribution in [-0.4, -0.2) is 23.6 Å². The molecule has 0 aliphatic heterocycles. The van der Waals surface area contributed by atoms with Gasteiger partial charge in [-0.15, -0.1) is 0 Å². The third-order valence-electron chi connectivity index (χ3n) is 3.13. The summed E-state index contributed by atoms with van der Waals surface area (Å²) in [4.78, 5) is 23.9. The number of benzene rings is 2. The summed E-state index contributed by atoms with van der Waals surface area (Å²) in [6, 6.07) is 13.9. The Balaban J connectivity index is 1.92. The number of amides is 1. The maximum atomic E-state index is 12.1. The maximum absolute atomic E-state index is 12.1. The average Bonchev–Trinajstić information content (AvgIpc) is 2.60. The molecule has 0 spiro atoms. The monoisotopic (exact) mass is 468 g/mol. The minimum atomic E-state index is -0.358. The van der Waals surface area contributed by atoms with Crippen molar-refractivity contribution in [2.45, 2.75) is 13.3 Å². The van der Waals surface area contributed by atoms with Gasteiger partial charge in [0.1, 0.15) is 0 Å². The molecule has 2 rings (SSSR count). The number of hydrogen-bond donors (Lipinski definition) is 2. The number of rotatable bonds is 5. The quantitative estimate of drug-likeness (QED) is 0.395. The SMILES string of the molecule is CCCOC(=O)c1ccc(NC(=S)NC(=O)c2cccc(I)c2)cc1. The largest absolute Gasteiger partial charge is 0.462 e. The molecule has 7 heteroatoms. The maximum Gasteiger partial charge on any atom is 0.338 e. The van der Waals surface area contributed by atoms with E-state index in [1.807, 2.05) is 19.1 Å². The lowest BCUT2D eigenvalue weighted by molar-refractivity contribution is 0.0505. The molecule has 0 bridgehead atoms. The Morgan fingerprint density at radius 3 is 2.48 bits per heavy atom. The van der Waals surface area contributed by atoms with Crippen LogP contribution in [0.1, 0.15) is 34.1 Å². The van der Waals surface area contributed by atoms with Crippen molar-refractivity contribution in [3.05, 3.63) is 63.2 Å². The lowest BCUT2D eigenvalue weighted by Crippen LogP contribution is -2.34. The molecule has 0 heterocycles. The lowest BCUT2D eigenvalue weighted by atomic mass is 10.2. The van der Waals surface area contributed by atoms with E-state index >= 15 is 0 Å². The summed E-state index contributed by atoms with van der Waals surface area (Å²) in [5.74, 6) is -0.640. The first-order chi connectivity index (χ1) is 12.0. The summed E-state index contributed by atoms with van der Waals surface area (Å²) in [6.07, 6.45) is 0.778. The number of esters is 1. The van der Waals surface area contributed by atoms with Gasteiger partial charge in [0, 0.05) is 14.8 Å². The van der Waals surface area contributed by atoms with Gasteiger partial charge in [-0.1, -0.05) is 13.0 Å². The fourth-order valence-electron chi connectivity index (χ4n) is 1.94. The number of hydrogen-bond acceptors (Lipinski definition) is 4. The molecule has 0 atom stereocenters. The second-order valence-electron chi connectivity index (χ2n) is 5.13. The Kier molecular flexibility index (Phi) is 7.32. The van der Waals surface area contributed by atoms with Crippen LogP contribution < -0.4 is 10.6 Å². The minimum absolute atomic E-state index is 0.185. The first-order valence-electron chi connectivity index (χ1n) is 7.64. The average molecular weight is 468 g/mol.